The zero-order chi connectivity index (χ0) is 16.5. The molecule has 3 heterocycles. The summed E-state index contributed by atoms with van der Waals surface area (Å²) in [6.07, 6.45) is 3.29. The maximum Gasteiger partial charge on any atom is 0.281 e. The summed E-state index contributed by atoms with van der Waals surface area (Å²) < 4.78 is 1.56. The fourth-order valence-electron chi connectivity index (χ4n) is 2.40. The van der Waals surface area contributed by atoms with E-state index in [9.17, 15) is 4.79 Å². The molecular weight excluding hydrogens is 328 g/mol. The van der Waals surface area contributed by atoms with Crippen LogP contribution in [0.4, 0.5) is 0 Å². The molecule has 0 bridgehead atoms. The van der Waals surface area contributed by atoms with Crippen molar-refractivity contribution in [2.75, 3.05) is 0 Å². The molecule has 0 aliphatic rings. The predicted octanol–water partition coefficient (Wildman–Crippen LogP) is 2.28. The van der Waals surface area contributed by atoms with Crippen molar-refractivity contribution in [3.63, 3.8) is 0 Å². The van der Waals surface area contributed by atoms with Gasteiger partial charge in [0, 0.05) is 23.0 Å². The summed E-state index contributed by atoms with van der Waals surface area (Å²) >= 11 is 6.19. The minimum Gasteiger partial charge on any atom is -0.304 e. The number of nitrogens with one attached hydrogen (secondary N) is 1. The maximum atomic E-state index is 12.2. The smallest absolute Gasteiger partial charge is 0.281 e. The molecular formula is C16H11ClN6O. The van der Waals surface area contributed by atoms with Crippen LogP contribution in [-0.2, 0) is 6.54 Å². The van der Waals surface area contributed by atoms with Crippen molar-refractivity contribution in [2.24, 2.45) is 0 Å². The lowest BCUT2D eigenvalue weighted by atomic mass is 10.2. The fraction of sp³-hybridized carbons (Fsp3) is 0.0625. The molecule has 1 N–H and O–H groups in total. The zero-order valence-electron chi connectivity index (χ0n) is 12.3. The van der Waals surface area contributed by atoms with Crippen LogP contribution in [0.25, 0.3) is 22.6 Å². The predicted molar refractivity (Wildman–Crippen MR) is 89.7 cm³/mol. The topological polar surface area (TPSA) is 89.3 Å². The van der Waals surface area contributed by atoms with Crippen LogP contribution in [0, 0.1) is 0 Å². The summed E-state index contributed by atoms with van der Waals surface area (Å²) in [5, 5.41) is 8.59. The molecule has 3 aromatic heterocycles. The minimum atomic E-state index is -0.343. The summed E-state index contributed by atoms with van der Waals surface area (Å²) in [5.74, 6) is 0.420. The third-order valence-electron chi connectivity index (χ3n) is 3.59. The van der Waals surface area contributed by atoms with Crippen LogP contribution < -0.4 is 5.56 Å². The molecule has 118 valence electrons. The molecule has 0 atom stereocenters. The number of pyridine rings is 1. The number of rotatable bonds is 3. The highest BCUT2D eigenvalue weighted by molar-refractivity contribution is 6.31. The van der Waals surface area contributed by atoms with Gasteiger partial charge in [-0.15, -0.1) is 5.10 Å². The number of benzene rings is 1. The molecule has 0 fully saturated rings. The first-order valence-electron chi connectivity index (χ1n) is 7.20. The van der Waals surface area contributed by atoms with E-state index in [-0.39, 0.29) is 11.1 Å². The highest BCUT2D eigenvalue weighted by Gasteiger charge is 2.14. The van der Waals surface area contributed by atoms with Crippen LogP contribution in [0.1, 0.15) is 5.56 Å². The molecule has 0 aliphatic carbocycles. The molecule has 0 saturated heterocycles. The van der Waals surface area contributed by atoms with Crippen LogP contribution in [0.3, 0.4) is 0 Å². The van der Waals surface area contributed by atoms with Gasteiger partial charge in [-0.1, -0.05) is 35.0 Å². The quantitative estimate of drug-likeness (QED) is 0.619. The Morgan fingerprint density at radius 3 is 2.83 bits per heavy atom. The summed E-state index contributed by atoms with van der Waals surface area (Å²) in [5.41, 5.74) is 1.83. The van der Waals surface area contributed by atoms with Gasteiger partial charge in [-0.3, -0.25) is 9.78 Å². The SMILES string of the molecule is O=c1[nH]c(-c2cccnc2)nc2c1nnn2Cc1ccccc1Cl. The number of halogens is 1. The van der Waals surface area contributed by atoms with Crippen LogP contribution in [0.2, 0.25) is 5.02 Å². The molecule has 4 aromatic rings. The summed E-state index contributed by atoms with van der Waals surface area (Å²) in [7, 11) is 0. The van der Waals surface area contributed by atoms with Crippen molar-refractivity contribution in [1.29, 1.82) is 0 Å². The van der Waals surface area contributed by atoms with Gasteiger partial charge in [0.1, 0.15) is 5.82 Å². The molecule has 0 spiro atoms. The Labute approximate surface area is 141 Å². The number of hydrogen-bond acceptors (Lipinski definition) is 5. The van der Waals surface area contributed by atoms with Crippen LogP contribution >= 0.6 is 11.6 Å². The average Bonchev–Trinajstić information content (AvgIpc) is 3.01. The van der Waals surface area contributed by atoms with Gasteiger partial charge in [-0.25, -0.2) is 9.67 Å². The Kier molecular flexibility index (Phi) is 3.55. The van der Waals surface area contributed by atoms with E-state index in [1.54, 1.807) is 29.2 Å². The van der Waals surface area contributed by atoms with E-state index in [2.05, 4.69) is 25.3 Å². The van der Waals surface area contributed by atoms with Gasteiger partial charge in [0.05, 0.1) is 6.54 Å². The highest BCUT2D eigenvalue weighted by atomic mass is 35.5. The van der Waals surface area contributed by atoms with Crippen LogP contribution in [-0.4, -0.2) is 29.9 Å². The lowest BCUT2D eigenvalue weighted by Crippen LogP contribution is -2.11. The second kappa shape index (κ2) is 5.86. The Morgan fingerprint density at radius 1 is 1.17 bits per heavy atom. The van der Waals surface area contributed by atoms with Crippen LogP contribution in [0.15, 0.2) is 53.6 Å². The summed E-state index contributed by atoms with van der Waals surface area (Å²) in [4.78, 5) is 23.5. The molecule has 8 heteroatoms. The Balaban J connectivity index is 1.85. The van der Waals surface area contributed by atoms with E-state index in [1.807, 2.05) is 24.3 Å². The van der Waals surface area contributed by atoms with Crippen molar-refractivity contribution in [3.05, 3.63) is 69.7 Å². The standard InChI is InChI=1S/C16H11ClN6O/c17-12-6-2-1-4-11(12)9-23-15-13(21-22-23)16(24)20-14(19-15)10-5-3-7-18-8-10/h1-8H,9H2,(H,19,20,24). The molecule has 0 amide bonds. The van der Waals surface area contributed by atoms with Crippen LogP contribution in [0.5, 0.6) is 0 Å². The van der Waals surface area contributed by atoms with Gasteiger partial charge in [0.25, 0.3) is 5.56 Å². The minimum absolute atomic E-state index is 0.190. The molecule has 0 radical (unpaired) electrons. The fourth-order valence-corrected chi connectivity index (χ4v) is 2.60. The van der Waals surface area contributed by atoms with Crippen molar-refractivity contribution in [2.45, 2.75) is 6.54 Å². The Bertz CT molecular complexity index is 1070. The zero-order valence-corrected chi connectivity index (χ0v) is 13.1. The third kappa shape index (κ3) is 2.55. The van der Waals surface area contributed by atoms with E-state index in [0.717, 1.165) is 5.56 Å². The summed E-state index contributed by atoms with van der Waals surface area (Å²) in [6.45, 7) is 0.374. The number of aromatic amines is 1. The van der Waals surface area contributed by atoms with E-state index in [0.29, 0.717) is 28.6 Å². The number of aromatic nitrogens is 6. The monoisotopic (exact) mass is 338 g/mol. The highest BCUT2D eigenvalue weighted by Crippen LogP contribution is 2.18. The van der Waals surface area contributed by atoms with Crippen molar-refractivity contribution in [1.82, 2.24) is 29.9 Å². The first-order chi connectivity index (χ1) is 11.7. The van der Waals surface area contributed by atoms with E-state index < -0.39 is 0 Å². The Hall–Kier alpha value is -3.06. The van der Waals surface area contributed by atoms with Crippen molar-refractivity contribution < 1.29 is 0 Å². The van der Waals surface area contributed by atoms with Gasteiger partial charge in [0.2, 0.25) is 0 Å². The van der Waals surface area contributed by atoms with Crippen molar-refractivity contribution in [3.8, 4) is 11.4 Å². The first-order valence-corrected chi connectivity index (χ1v) is 7.57. The van der Waals surface area contributed by atoms with Gasteiger partial charge < -0.3 is 4.98 Å². The molecule has 0 aliphatic heterocycles. The number of hydrogen-bond donors (Lipinski definition) is 1. The lowest BCUT2D eigenvalue weighted by Gasteiger charge is -2.05. The molecule has 24 heavy (non-hydrogen) atoms. The number of fused-ring (bicyclic) bond motifs is 1. The average molecular weight is 339 g/mol. The number of H-pyrrole nitrogens is 1. The van der Waals surface area contributed by atoms with Crippen molar-refractivity contribution >= 4 is 22.8 Å². The second-order valence-electron chi connectivity index (χ2n) is 5.17. The normalized spacial score (nSPS) is 11.0. The molecule has 0 unspecified atom stereocenters. The Morgan fingerprint density at radius 2 is 2.04 bits per heavy atom. The summed E-state index contributed by atoms with van der Waals surface area (Å²) in [6, 6.07) is 11.0. The second-order valence-corrected chi connectivity index (χ2v) is 5.57. The maximum absolute atomic E-state index is 12.2. The third-order valence-corrected chi connectivity index (χ3v) is 3.96. The first kappa shape index (κ1) is 14.5. The van der Waals surface area contributed by atoms with Gasteiger partial charge in [0.15, 0.2) is 11.2 Å². The molecule has 7 nitrogen and oxygen atoms in total. The lowest BCUT2D eigenvalue weighted by molar-refractivity contribution is 0.664. The van der Waals surface area contributed by atoms with E-state index >= 15 is 0 Å². The van der Waals surface area contributed by atoms with E-state index in [4.69, 9.17) is 11.6 Å². The molecule has 1 aromatic carbocycles. The molecule has 4 rings (SSSR count). The van der Waals surface area contributed by atoms with Gasteiger partial charge >= 0.3 is 0 Å². The van der Waals surface area contributed by atoms with Gasteiger partial charge in [-0.2, -0.15) is 0 Å². The molecule has 0 saturated carbocycles. The van der Waals surface area contributed by atoms with E-state index in [1.165, 1.54) is 0 Å². The van der Waals surface area contributed by atoms with Gasteiger partial charge in [-0.05, 0) is 23.8 Å². The largest absolute Gasteiger partial charge is 0.304 e. The number of nitrogens with zero attached hydrogens (tertiary/aromatic N) is 5.